The summed E-state index contributed by atoms with van der Waals surface area (Å²) in [5.41, 5.74) is 0. The van der Waals surface area contributed by atoms with Gasteiger partial charge in [0, 0.05) is 20.0 Å². The normalized spacial score (nSPS) is 20.9. The van der Waals surface area contributed by atoms with Gasteiger partial charge in [0.15, 0.2) is 0 Å². The Kier molecular flexibility index (Phi) is 4.13. The topological polar surface area (TPSA) is 91.0 Å². The average molecular weight is 265 g/mol. The summed E-state index contributed by atoms with van der Waals surface area (Å²) in [6.07, 6.45) is 3.10. The maximum absolute atomic E-state index is 12.2. The van der Waals surface area contributed by atoms with Crippen molar-refractivity contribution in [2.75, 3.05) is 13.1 Å². The first-order chi connectivity index (χ1) is 9.08. The third kappa shape index (κ3) is 3.30. The summed E-state index contributed by atoms with van der Waals surface area (Å²) in [5.74, 6) is 0.492. The smallest absolute Gasteiger partial charge is 0.225 e. The summed E-state index contributed by atoms with van der Waals surface area (Å²) in [4.78, 5) is 29.2. The van der Waals surface area contributed by atoms with Gasteiger partial charge in [-0.15, -0.1) is 0 Å². The second-order valence-electron chi connectivity index (χ2n) is 4.91. The molecule has 0 radical (unpaired) electrons. The number of piperidine rings is 1. The van der Waals surface area contributed by atoms with Crippen molar-refractivity contribution in [1.82, 2.24) is 25.4 Å². The van der Waals surface area contributed by atoms with Crippen molar-refractivity contribution in [1.29, 1.82) is 0 Å². The standard InChI is InChI=1S/C12H19N5O2/c1-8(11-13-7-14-16-11)15-12(19)10-4-3-5-17(6-10)9(2)18/h7-8,10H,3-6H2,1-2H3,(H,15,19)(H,13,14,16). The maximum atomic E-state index is 12.2. The zero-order chi connectivity index (χ0) is 13.8. The molecule has 1 aromatic heterocycles. The number of H-pyrrole nitrogens is 1. The molecule has 2 heterocycles. The van der Waals surface area contributed by atoms with Crippen LogP contribution in [0.2, 0.25) is 0 Å². The Hall–Kier alpha value is -1.92. The molecular weight excluding hydrogens is 246 g/mol. The third-order valence-corrected chi connectivity index (χ3v) is 3.44. The number of likely N-dealkylation sites (tertiary alicyclic amines) is 1. The van der Waals surface area contributed by atoms with Crippen molar-refractivity contribution in [2.45, 2.75) is 32.7 Å². The number of carbonyl (C=O) groups is 2. The molecule has 0 saturated carbocycles. The number of nitrogens with one attached hydrogen (secondary N) is 2. The van der Waals surface area contributed by atoms with E-state index in [9.17, 15) is 9.59 Å². The van der Waals surface area contributed by atoms with Crippen molar-refractivity contribution >= 4 is 11.8 Å². The van der Waals surface area contributed by atoms with Crippen molar-refractivity contribution in [3.05, 3.63) is 12.2 Å². The monoisotopic (exact) mass is 265 g/mol. The lowest BCUT2D eigenvalue weighted by atomic mass is 9.97. The van der Waals surface area contributed by atoms with Crippen LogP contribution in [-0.2, 0) is 9.59 Å². The zero-order valence-corrected chi connectivity index (χ0v) is 11.2. The van der Waals surface area contributed by atoms with Gasteiger partial charge >= 0.3 is 0 Å². The fourth-order valence-electron chi connectivity index (χ4n) is 2.30. The molecule has 2 N–H and O–H groups in total. The van der Waals surface area contributed by atoms with E-state index in [0.717, 1.165) is 19.4 Å². The van der Waals surface area contributed by atoms with Crippen LogP contribution in [0.4, 0.5) is 0 Å². The molecule has 1 aliphatic rings. The number of carbonyl (C=O) groups excluding carboxylic acids is 2. The molecule has 2 rings (SSSR count). The number of amides is 2. The number of hydrogen-bond acceptors (Lipinski definition) is 4. The minimum atomic E-state index is -0.206. The first-order valence-corrected chi connectivity index (χ1v) is 6.49. The van der Waals surface area contributed by atoms with Crippen LogP contribution in [-0.4, -0.2) is 45.0 Å². The van der Waals surface area contributed by atoms with E-state index in [0.29, 0.717) is 12.4 Å². The van der Waals surface area contributed by atoms with Gasteiger partial charge in [-0.05, 0) is 19.8 Å². The molecule has 1 aliphatic heterocycles. The molecule has 1 fully saturated rings. The number of hydrogen-bond donors (Lipinski definition) is 2. The molecule has 1 aromatic rings. The van der Waals surface area contributed by atoms with Crippen LogP contribution in [0.5, 0.6) is 0 Å². The minimum absolute atomic E-state index is 0.0285. The molecular formula is C12H19N5O2. The number of aromatic amines is 1. The van der Waals surface area contributed by atoms with Gasteiger partial charge in [-0.2, -0.15) is 5.10 Å². The molecule has 19 heavy (non-hydrogen) atoms. The predicted octanol–water partition coefficient (Wildman–Crippen LogP) is 0.240. The quantitative estimate of drug-likeness (QED) is 0.819. The third-order valence-electron chi connectivity index (χ3n) is 3.44. The van der Waals surface area contributed by atoms with E-state index in [-0.39, 0.29) is 23.8 Å². The van der Waals surface area contributed by atoms with Crippen molar-refractivity contribution in [3.63, 3.8) is 0 Å². The molecule has 7 heteroatoms. The Morgan fingerprint density at radius 3 is 3.00 bits per heavy atom. The maximum Gasteiger partial charge on any atom is 0.225 e. The van der Waals surface area contributed by atoms with Crippen LogP contribution >= 0.6 is 0 Å². The van der Waals surface area contributed by atoms with Crippen molar-refractivity contribution < 1.29 is 9.59 Å². The van der Waals surface area contributed by atoms with Crippen LogP contribution in [0.3, 0.4) is 0 Å². The van der Waals surface area contributed by atoms with Gasteiger partial charge in [0.2, 0.25) is 11.8 Å². The fourth-order valence-corrected chi connectivity index (χ4v) is 2.30. The number of nitrogens with zero attached hydrogens (tertiary/aromatic N) is 3. The summed E-state index contributed by atoms with van der Waals surface area (Å²) in [6, 6.07) is -0.206. The number of aromatic nitrogens is 3. The SMILES string of the molecule is CC(=O)N1CCCC(C(=O)NC(C)c2ncn[nH]2)C1. The molecule has 104 valence electrons. The van der Waals surface area contributed by atoms with Crippen LogP contribution < -0.4 is 5.32 Å². The first-order valence-electron chi connectivity index (χ1n) is 6.49. The highest BCUT2D eigenvalue weighted by molar-refractivity contribution is 5.80. The van der Waals surface area contributed by atoms with Crippen molar-refractivity contribution in [3.8, 4) is 0 Å². The van der Waals surface area contributed by atoms with E-state index < -0.39 is 0 Å². The highest BCUT2D eigenvalue weighted by Crippen LogP contribution is 2.18. The fraction of sp³-hybridized carbons (Fsp3) is 0.667. The Balaban J connectivity index is 1.91. The molecule has 2 amide bonds. The molecule has 0 aliphatic carbocycles. The van der Waals surface area contributed by atoms with Gasteiger partial charge in [-0.25, -0.2) is 4.98 Å². The minimum Gasteiger partial charge on any atom is -0.346 e. The second-order valence-corrected chi connectivity index (χ2v) is 4.91. The molecule has 2 atom stereocenters. The van der Waals surface area contributed by atoms with Gasteiger partial charge in [0.25, 0.3) is 0 Å². The highest BCUT2D eigenvalue weighted by Gasteiger charge is 2.28. The summed E-state index contributed by atoms with van der Waals surface area (Å²) < 4.78 is 0. The zero-order valence-electron chi connectivity index (χ0n) is 11.2. The molecule has 2 unspecified atom stereocenters. The van der Waals surface area contributed by atoms with Crippen LogP contribution in [0.15, 0.2) is 6.33 Å². The largest absolute Gasteiger partial charge is 0.346 e. The molecule has 7 nitrogen and oxygen atoms in total. The Morgan fingerprint density at radius 1 is 1.58 bits per heavy atom. The Bertz CT molecular complexity index is 445. The van der Waals surface area contributed by atoms with E-state index in [1.165, 1.54) is 13.3 Å². The first kappa shape index (κ1) is 13.5. The van der Waals surface area contributed by atoms with Crippen LogP contribution in [0, 0.1) is 5.92 Å². The van der Waals surface area contributed by atoms with Gasteiger partial charge in [0.1, 0.15) is 12.2 Å². The molecule has 1 saturated heterocycles. The number of rotatable bonds is 3. The predicted molar refractivity (Wildman–Crippen MR) is 67.9 cm³/mol. The van der Waals surface area contributed by atoms with Gasteiger partial charge < -0.3 is 10.2 Å². The van der Waals surface area contributed by atoms with E-state index >= 15 is 0 Å². The van der Waals surface area contributed by atoms with Crippen molar-refractivity contribution in [2.24, 2.45) is 5.92 Å². The Morgan fingerprint density at radius 2 is 2.37 bits per heavy atom. The van der Waals surface area contributed by atoms with Crippen LogP contribution in [0.1, 0.15) is 38.6 Å². The second kappa shape index (κ2) is 5.81. The van der Waals surface area contributed by atoms with Gasteiger partial charge in [-0.3, -0.25) is 14.7 Å². The van der Waals surface area contributed by atoms with Gasteiger partial charge in [-0.1, -0.05) is 0 Å². The lowest BCUT2D eigenvalue weighted by Crippen LogP contribution is -2.45. The van der Waals surface area contributed by atoms with E-state index in [4.69, 9.17) is 0 Å². The summed E-state index contributed by atoms with van der Waals surface area (Å²) in [7, 11) is 0. The Labute approximate surface area is 111 Å². The summed E-state index contributed by atoms with van der Waals surface area (Å²) >= 11 is 0. The lowest BCUT2D eigenvalue weighted by Gasteiger charge is -2.31. The summed E-state index contributed by atoms with van der Waals surface area (Å²) in [6.45, 7) is 4.64. The van der Waals surface area contributed by atoms with Crippen LogP contribution in [0.25, 0.3) is 0 Å². The van der Waals surface area contributed by atoms with E-state index in [2.05, 4.69) is 20.5 Å². The van der Waals surface area contributed by atoms with E-state index in [1.54, 1.807) is 4.90 Å². The lowest BCUT2D eigenvalue weighted by molar-refractivity contribution is -0.134. The van der Waals surface area contributed by atoms with E-state index in [1.807, 2.05) is 6.92 Å². The molecule has 0 spiro atoms. The summed E-state index contributed by atoms with van der Waals surface area (Å²) in [5, 5.41) is 9.39. The molecule has 0 aromatic carbocycles. The highest BCUT2D eigenvalue weighted by atomic mass is 16.2. The molecule has 0 bridgehead atoms. The van der Waals surface area contributed by atoms with Gasteiger partial charge in [0.05, 0.1) is 12.0 Å². The average Bonchev–Trinajstić information content (AvgIpc) is 2.92.